The number of para-hydroxylation sites is 1. The molecule has 1 amide bonds. The van der Waals surface area contributed by atoms with Gasteiger partial charge >= 0.3 is 5.56 Å². The molecule has 0 aliphatic rings. The Morgan fingerprint density at radius 2 is 1.93 bits per heavy atom. The smallest absolute Gasteiger partial charge is 0.300 e. The number of fused-ring (bicyclic) bond motifs is 1. The molecule has 1 N–H and O–H groups in total. The van der Waals surface area contributed by atoms with Gasteiger partial charge in [-0.15, -0.1) is 10.2 Å². The van der Waals surface area contributed by atoms with Gasteiger partial charge in [-0.3, -0.25) is 18.6 Å². The van der Waals surface area contributed by atoms with Gasteiger partial charge in [-0.1, -0.05) is 45.9 Å². The first kappa shape index (κ1) is 19.3. The highest BCUT2D eigenvalue weighted by molar-refractivity contribution is 9.10. The molecule has 10 heteroatoms. The van der Waals surface area contributed by atoms with E-state index in [2.05, 4.69) is 31.4 Å². The van der Waals surface area contributed by atoms with Gasteiger partial charge in [0, 0.05) is 22.6 Å². The van der Waals surface area contributed by atoms with E-state index in [-0.39, 0.29) is 22.6 Å². The van der Waals surface area contributed by atoms with Crippen molar-refractivity contribution in [2.45, 2.75) is 5.16 Å². The van der Waals surface area contributed by atoms with Gasteiger partial charge in [0.25, 0.3) is 0 Å². The number of nitrogens with zero attached hydrogens (tertiary/aromatic N) is 4. The Balaban J connectivity index is 1.51. The van der Waals surface area contributed by atoms with Gasteiger partial charge in [-0.05, 0) is 30.3 Å². The Bertz CT molecular complexity index is 1260. The van der Waals surface area contributed by atoms with Crippen LogP contribution in [0.1, 0.15) is 0 Å². The third-order valence-electron chi connectivity index (χ3n) is 4.01. The molecule has 29 heavy (non-hydrogen) atoms. The highest BCUT2D eigenvalue weighted by atomic mass is 79.9. The van der Waals surface area contributed by atoms with Crippen molar-refractivity contribution in [2.75, 3.05) is 11.1 Å². The van der Waals surface area contributed by atoms with Gasteiger partial charge in [0.05, 0.1) is 11.4 Å². The molecule has 2 aromatic heterocycles. The minimum absolute atomic E-state index is 0.0158. The second kappa shape index (κ2) is 8.18. The average Bonchev–Trinajstić information content (AvgIpc) is 3.13. The zero-order valence-corrected chi connectivity index (χ0v) is 17.2. The van der Waals surface area contributed by atoms with Crippen LogP contribution in [-0.2, 0) is 4.79 Å². The SMILES string of the molecule is O=C(CSc1nnc2c(=O)n(-c3ccccc3)ccn12)Nc1ccc(Br)cc1F. The number of thioether (sulfide) groups is 1. The van der Waals surface area contributed by atoms with E-state index in [0.717, 1.165) is 11.8 Å². The summed E-state index contributed by atoms with van der Waals surface area (Å²) in [4.78, 5) is 24.8. The number of rotatable bonds is 5. The van der Waals surface area contributed by atoms with Crippen molar-refractivity contribution in [3.63, 3.8) is 0 Å². The predicted molar refractivity (Wildman–Crippen MR) is 112 cm³/mol. The van der Waals surface area contributed by atoms with E-state index < -0.39 is 11.7 Å². The maximum absolute atomic E-state index is 13.8. The van der Waals surface area contributed by atoms with Gasteiger partial charge in [0.15, 0.2) is 5.16 Å². The minimum atomic E-state index is -0.535. The van der Waals surface area contributed by atoms with Crippen molar-refractivity contribution < 1.29 is 9.18 Å². The largest absolute Gasteiger partial charge is 0.323 e. The molecule has 4 aromatic rings. The monoisotopic (exact) mass is 473 g/mol. The number of aromatic nitrogens is 4. The lowest BCUT2D eigenvalue weighted by molar-refractivity contribution is -0.113. The first-order chi connectivity index (χ1) is 14.0. The second-order valence-electron chi connectivity index (χ2n) is 5.95. The van der Waals surface area contributed by atoms with Crippen molar-refractivity contribution in [1.29, 1.82) is 0 Å². The summed E-state index contributed by atoms with van der Waals surface area (Å²) < 4.78 is 17.4. The predicted octanol–water partition coefficient (Wildman–Crippen LogP) is 3.51. The molecular formula is C19H13BrFN5O2S. The summed E-state index contributed by atoms with van der Waals surface area (Å²) >= 11 is 4.27. The lowest BCUT2D eigenvalue weighted by Gasteiger charge is -2.07. The van der Waals surface area contributed by atoms with Crippen LogP contribution in [0.5, 0.6) is 0 Å². The average molecular weight is 474 g/mol. The summed E-state index contributed by atoms with van der Waals surface area (Å²) in [5.74, 6) is -0.948. The molecule has 0 unspecified atom stereocenters. The van der Waals surface area contributed by atoms with Gasteiger partial charge < -0.3 is 5.32 Å². The van der Waals surface area contributed by atoms with Crippen molar-refractivity contribution in [3.05, 3.63) is 81.6 Å². The Morgan fingerprint density at radius 1 is 1.14 bits per heavy atom. The fourth-order valence-electron chi connectivity index (χ4n) is 2.66. The molecule has 2 heterocycles. The number of nitrogens with one attached hydrogen (secondary N) is 1. The fourth-order valence-corrected chi connectivity index (χ4v) is 3.71. The maximum atomic E-state index is 13.8. The molecule has 0 radical (unpaired) electrons. The Labute approximate surface area is 176 Å². The first-order valence-electron chi connectivity index (χ1n) is 8.42. The molecule has 146 valence electrons. The van der Waals surface area contributed by atoms with Crippen LogP contribution in [0.3, 0.4) is 0 Å². The third-order valence-corrected chi connectivity index (χ3v) is 5.45. The molecule has 0 fully saturated rings. The summed E-state index contributed by atoms with van der Waals surface area (Å²) in [5, 5.41) is 10.9. The summed E-state index contributed by atoms with van der Waals surface area (Å²) in [6.45, 7) is 0. The second-order valence-corrected chi connectivity index (χ2v) is 7.80. The Morgan fingerprint density at radius 3 is 2.69 bits per heavy atom. The normalized spacial score (nSPS) is 11.0. The topological polar surface area (TPSA) is 81.3 Å². The third kappa shape index (κ3) is 4.08. The van der Waals surface area contributed by atoms with E-state index in [1.54, 1.807) is 18.5 Å². The van der Waals surface area contributed by atoms with Crippen LogP contribution in [0.4, 0.5) is 10.1 Å². The molecule has 0 bridgehead atoms. The van der Waals surface area contributed by atoms with Crippen molar-refractivity contribution in [1.82, 2.24) is 19.2 Å². The molecule has 0 aliphatic carbocycles. The van der Waals surface area contributed by atoms with Gasteiger partial charge in [0.1, 0.15) is 5.82 Å². The lowest BCUT2D eigenvalue weighted by Crippen LogP contribution is -2.20. The number of hydrogen-bond acceptors (Lipinski definition) is 5. The van der Waals surface area contributed by atoms with E-state index in [1.165, 1.54) is 21.1 Å². The quantitative estimate of drug-likeness (QED) is 0.448. The highest BCUT2D eigenvalue weighted by Gasteiger charge is 2.14. The minimum Gasteiger partial charge on any atom is -0.323 e. The standard InChI is InChI=1S/C19H13BrFN5O2S/c20-12-6-7-15(14(21)10-12)22-16(27)11-29-19-24-23-17-18(28)25(8-9-26(17)19)13-4-2-1-3-5-13/h1-10H,11H2,(H,22,27). The van der Waals surface area contributed by atoms with Crippen LogP contribution in [0.25, 0.3) is 11.3 Å². The molecule has 0 atom stereocenters. The van der Waals surface area contributed by atoms with E-state index >= 15 is 0 Å². The molecule has 0 aliphatic heterocycles. The van der Waals surface area contributed by atoms with E-state index in [9.17, 15) is 14.0 Å². The zero-order valence-electron chi connectivity index (χ0n) is 14.8. The van der Waals surface area contributed by atoms with Crippen LogP contribution < -0.4 is 10.9 Å². The summed E-state index contributed by atoms with van der Waals surface area (Å²) in [6.07, 6.45) is 3.29. The zero-order chi connectivity index (χ0) is 20.4. The number of benzene rings is 2. The van der Waals surface area contributed by atoms with Crippen molar-refractivity contribution >= 4 is 44.9 Å². The van der Waals surface area contributed by atoms with Gasteiger partial charge in [-0.2, -0.15) is 0 Å². The van der Waals surface area contributed by atoms with E-state index in [4.69, 9.17) is 0 Å². The van der Waals surface area contributed by atoms with E-state index in [0.29, 0.717) is 15.3 Å². The number of carbonyl (C=O) groups is 1. The van der Waals surface area contributed by atoms with Gasteiger partial charge in [0.2, 0.25) is 11.6 Å². The van der Waals surface area contributed by atoms with Crippen molar-refractivity contribution in [2.24, 2.45) is 0 Å². The maximum Gasteiger partial charge on any atom is 0.300 e. The summed E-state index contributed by atoms with van der Waals surface area (Å²) in [5.41, 5.74) is 0.640. The number of hydrogen-bond donors (Lipinski definition) is 1. The van der Waals surface area contributed by atoms with Crippen molar-refractivity contribution in [3.8, 4) is 5.69 Å². The summed E-state index contributed by atoms with van der Waals surface area (Å²) in [6, 6.07) is 13.5. The molecule has 0 spiro atoms. The molecule has 0 saturated heterocycles. The number of halogens is 2. The fraction of sp³-hybridized carbons (Fsp3) is 0.0526. The first-order valence-corrected chi connectivity index (χ1v) is 10.2. The number of anilines is 1. The molecule has 2 aromatic carbocycles. The molecular weight excluding hydrogens is 461 g/mol. The number of carbonyl (C=O) groups excluding carboxylic acids is 1. The van der Waals surface area contributed by atoms with Gasteiger partial charge in [-0.25, -0.2) is 4.39 Å². The molecule has 4 rings (SSSR count). The van der Waals surface area contributed by atoms with Crippen LogP contribution >= 0.6 is 27.7 Å². The van der Waals surface area contributed by atoms with E-state index in [1.807, 2.05) is 30.3 Å². The van der Waals surface area contributed by atoms with Crippen LogP contribution in [-0.4, -0.2) is 30.8 Å². The molecule has 0 saturated carbocycles. The lowest BCUT2D eigenvalue weighted by atomic mass is 10.3. The van der Waals surface area contributed by atoms with Crippen LogP contribution in [0.15, 0.2) is 75.3 Å². The highest BCUT2D eigenvalue weighted by Crippen LogP contribution is 2.21. The molecule has 7 nitrogen and oxygen atoms in total. The van der Waals surface area contributed by atoms with Crippen LogP contribution in [0.2, 0.25) is 0 Å². The number of amides is 1. The summed E-state index contributed by atoms with van der Waals surface area (Å²) in [7, 11) is 0. The van der Waals surface area contributed by atoms with Crippen LogP contribution in [0, 0.1) is 5.82 Å². The Kier molecular flexibility index (Phi) is 5.45. The Hall–Kier alpha value is -2.98.